The summed E-state index contributed by atoms with van der Waals surface area (Å²) in [5.74, 6) is -0.142. The third-order valence-corrected chi connectivity index (χ3v) is 2.09. The van der Waals surface area contributed by atoms with Crippen LogP contribution in [0.25, 0.3) is 0 Å². The first-order valence-corrected chi connectivity index (χ1v) is 4.28. The molecule has 0 aliphatic carbocycles. The van der Waals surface area contributed by atoms with Gasteiger partial charge < -0.3 is 5.32 Å². The van der Waals surface area contributed by atoms with Gasteiger partial charge in [-0.1, -0.05) is 6.58 Å². The summed E-state index contributed by atoms with van der Waals surface area (Å²) in [6.45, 7) is 10.8. The van der Waals surface area contributed by atoms with Crippen LogP contribution in [0, 0.1) is 0 Å². The fraction of sp³-hybridized carbons (Fsp3) is 0.667. The van der Waals surface area contributed by atoms with Crippen LogP contribution in [0.5, 0.6) is 0 Å². The van der Waals surface area contributed by atoms with Gasteiger partial charge in [0, 0.05) is 11.6 Å². The smallest absolute Gasteiger partial charge is 0.246 e. The highest BCUT2D eigenvalue weighted by Gasteiger charge is 2.23. The highest BCUT2D eigenvalue weighted by Crippen LogP contribution is 2.17. The Kier molecular flexibility index (Phi) is 3.78. The van der Waals surface area contributed by atoms with E-state index < -0.39 is 4.87 Å². The van der Waals surface area contributed by atoms with Crippen molar-refractivity contribution in [3.8, 4) is 0 Å². The van der Waals surface area contributed by atoms with Crippen LogP contribution in [0.15, 0.2) is 12.2 Å². The summed E-state index contributed by atoms with van der Waals surface area (Å²) >= 11 is 5.99. The van der Waals surface area contributed by atoms with E-state index >= 15 is 0 Å². The van der Waals surface area contributed by atoms with Crippen molar-refractivity contribution in [2.24, 2.45) is 0 Å². The predicted octanol–water partition coefficient (Wildman–Crippen LogP) is 2.08. The van der Waals surface area contributed by atoms with Crippen molar-refractivity contribution in [2.45, 2.75) is 38.6 Å². The van der Waals surface area contributed by atoms with Gasteiger partial charge in [0.15, 0.2) is 0 Å². The van der Waals surface area contributed by atoms with Crippen LogP contribution in [0.2, 0.25) is 0 Å². The number of nitrogens with one attached hydrogen (secondary N) is 1. The molecule has 0 aliphatic heterocycles. The molecule has 12 heavy (non-hydrogen) atoms. The first-order chi connectivity index (χ1) is 5.25. The molecule has 0 radical (unpaired) electrons. The molecule has 3 heteroatoms. The molecule has 1 atom stereocenters. The molecule has 0 aromatic carbocycles. The Morgan fingerprint density at radius 2 is 2.00 bits per heavy atom. The fourth-order valence-corrected chi connectivity index (χ4v) is 0.546. The minimum Gasteiger partial charge on any atom is -0.348 e. The van der Waals surface area contributed by atoms with Crippen LogP contribution >= 0.6 is 11.6 Å². The Hall–Kier alpha value is -0.500. The molecule has 0 rings (SSSR count). The van der Waals surface area contributed by atoms with Gasteiger partial charge in [-0.15, -0.1) is 11.6 Å². The first-order valence-electron chi connectivity index (χ1n) is 3.90. The summed E-state index contributed by atoms with van der Waals surface area (Å²) in [5.41, 5.74) is 0.503. The second-order valence-corrected chi connectivity index (χ2v) is 4.51. The second kappa shape index (κ2) is 3.94. The molecule has 0 bridgehead atoms. The van der Waals surface area contributed by atoms with E-state index in [4.69, 9.17) is 11.6 Å². The third kappa shape index (κ3) is 3.77. The minimum atomic E-state index is -0.425. The molecular formula is C9H16ClNO. The summed E-state index contributed by atoms with van der Waals surface area (Å²) in [6.07, 6.45) is 0. The molecule has 0 saturated heterocycles. The van der Waals surface area contributed by atoms with Crippen LogP contribution in [0.3, 0.4) is 0 Å². The summed E-state index contributed by atoms with van der Waals surface area (Å²) in [4.78, 5) is 10.7. The molecule has 0 aromatic heterocycles. The zero-order chi connectivity index (χ0) is 9.94. The molecule has 0 spiro atoms. The van der Waals surface area contributed by atoms with E-state index in [0.717, 1.165) is 0 Å². The molecule has 1 amide bonds. The van der Waals surface area contributed by atoms with Gasteiger partial charge in [-0.3, -0.25) is 4.79 Å². The number of halogens is 1. The van der Waals surface area contributed by atoms with Crippen molar-refractivity contribution in [3.05, 3.63) is 12.2 Å². The van der Waals surface area contributed by atoms with Crippen LogP contribution in [-0.2, 0) is 4.79 Å². The van der Waals surface area contributed by atoms with Crippen molar-refractivity contribution < 1.29 is 4.79 Å². The minimum absolute atomic E-state index is 0.0663. The zero-order valence-electron chi connectivity index (χ0n) is 8.07. The molecule has 0 aromatic rings. The summed E-state index contributed by atoms with van der Waals surface area (Å²) < 4.78 is 0. The Morgan fingerprint density at radius 1 is 1.58 bits per heavy atom. The van der Waals surface area contributed by atoms with E-state index in [1.807, 2.05) is 20.8 Å². The summed E-state index contributed by atoms with van der Waals surface area (Å²) in [5, 5.41) is 2.75. The van der Waals surface area contributed by atoms with E-state index in [9.17, 15) is 4.79 Å². The van der Waals surface area contributed by atoms with Gasteiger partial charge in [-0.25, -0.2) is 0 Å². The number of amides is 1. The molecule has 0 fully saturated rings. The molecule has 2 nitrogen and oxygen atoms in total. The fourth-order valence-electron chi connectivity index (χ4n) is 0.491. The topological polar surface area (TPSA) is 29.1 Å². The summed E-state index contributed by atoms with van der Waals surface area (Å²) in [6, 6.07) is -0.0663. The summed E-state index contributed by atoms with van der Waals surface area (Å²) in [7, 11) is 0. The molecule has 0 aliphatic rings. The molecular weight excluding hydrogens is 174 g/mol. The Bertz CT molecular complexity index is 193. The molecule has 1 unspecified atom stereocenters. The Balaban J connectivity index is 4.11. The average Bonchev–Trinajstić information content (AvgIpc) is 1.85. The maximum Gasteiger partial charge on any atom is 0.246 e. The highest BCUT2D eigenvalue weighted by atomic mass is 35.5. The van der Waals surface area contributed by atoms with Gasteiger partial charge in [0.25, 0.3) is 0 Å². The lowest BCUT2D eigenvalue weighted by atomic mass is 10.1. The third-order valence-electron chi connectivity index (χ3n) is 1.76. The molecule has 0 heterocycles. The maximum absolute atomic E-state index is 11.1. The van der Waals surface area contributed by atoms with Crippen molar-refractivity contribution in [3.63, 3.8) is 0 Å². The molecule has 0 saturated carbocycles. The number of alkyl halides is 1. The van der Waals surface area contributed by atoms with E-state index in [2.05, 4.69) is 11.9 Å². The van der Waals surface area contributed by atoms with Gasteiger partial charge in [-0.05, 0) is 27.7 Å². The first kappa shape index (κ1) is 11.5. The van der Waals surface area contributed by atoms with Gasteiger partial charge in [0.2, 0.25) is 5.91 Å². The molecule has 1 N–H and O–H groups in total. The van der Waals surface area contributed by atoms with Gasteiger partial charge in [-0.2, -0.15) is 0 Å². The van der Waals surface area contributed by atoms with E-state index in [0.29, 0.717) is 5.57 Å². The van der Waals surface area contributed by atoms with Crippen LogP contribution in [0.1, 0.15) is 27.7 Å². The number of rotatable bonds is 3. The van der Waals surface area contributed by atoms with Crippen LogP contribution in [-0.4, -0.2) is 16.8 Å². The SMILES string of the molecule is C=C(C)C(=O)NC(C)C(C)(C)Cl. The lowest BCUT2D eigenvalue weighted by molar-refractivity contribution is -0.118. The quantitative estimate of drug-likeness (QED) is 0.535. The lowest BCUT2D eigenvalue weighted by Gasteiger charge is -2.25. The largest absolute Gasteiger partial charge is 0.348 e. The number of carbonyl (C=O) groups excluding carboxylic acids is 1. The number of carbonyl (C=O) groups is 1. The average molecular weight is 190 g/mol. The van der Waals surface area contributed by atoms with Crippen molar-refractivity contribution in [1.82, 2.24) is 5.32 Å². The normalized spacial score (nSPS) is 13.8. The van der Waals surface area contributed by atoms with Gasteiger partial charge in [0.1, 0.15) is 0 Å². The Labute approximate surface area is 79.0 Å². The van der Waals surface area contributed by atoms with Gasteiger partial charge in [0.05, 0.1) is 4.87 Å². The van der Waals surface area contributed by atoms with E-state index in [-0.39, 0.29) is 11.9 Å². The number of hydrogen-bond acceptors (Lipinski definition) is 1. The second-order valence-electron chi connectivity index (χ2n) is 3.54. The van der Waals surface area contributed by atoms with Crippen molar-refractivity contribution >= 4 is 17.5 Å². The number of hydrogen-bond donors (Lipinski definition) is 1. The monoisotopic (exact) mass is 189 g/mol. The maximum atomic E-state index is 11.1. The van der Waals surface area contributed by atoms with E-state index in [1.54, 1.807) is 6.92 Å². The van der Waals surface area contributed by atoms with Gasteiger partial charge >= 0.3 is 0 Å². The van der Waals surface area contributed by atoms with Crippen LogP contribution in [0.4, 0.5) is 0 Å². The van der Waals surface area contributed by atoms with E-state index in [1.165, 1.54) is 0 Å². The van der Waals surface area contributed by atoms with Crippen LogP contribution < -0.4 is 5.32 Å². The zero-order valence-corrected chi connectivity index (χ0v) is 8.83. The van der Waals surface area contributed by atoms with Crippen molar-refractivity contribution in [1.29, 1.82) is 0 Å². The highest BCUT2D eigenvalue weighted by molar-refractivity contribution is 6.24. The predicted molar refractivity (Wildman–Crippen MR) is 52.4 cm³/mol. The molecule has 70 valence electrons. The Morgan fingerprint density at radius 3 is 2.25 bits per heavy atom. The standard InChI is InChI=1S/C9H16ClNO/c1-6(2)8(12)11-7(3)9(4,5)10/h7H,1H2,2-5H3,(H,11,12). The lowest BCUT2D eigenvalue weighted by Crippen LogP contribution is -2.44. The van der Waals surface area contributed by atoms with Crippen molar-refractivity contribution in [2.75, 3.05) is 0 Å².